The number of hydrogen-bond donors (Lipinski definition) is 2. The maximum Gasteiger partial charge on any atom is 0.262 e. The molecule has 4 rings (SSSR count). The van der Waals surface area contributed by atoms with Crippen LogP contribution in [0.3, 0.4) is 0 Å². The van der Waals surface area contributed by atoms with Crippen LogP contribution in [0.4, 0.5) is 11.4 Å². The van der Waals surface area contributed by atoms with Gasteiger partial charge in [-0.3, -0.25) is 14.4 Å². The zero-order valence-electron chi connectivity index (χ0n) is 19.4. The molecule has 3 aromatic carbocycles. The van der Waals surface area contributed by atoms with Crippen LogP contribution in [0.15, 0.2) is 78.9 Å². The lowest BCUT2D eigenvalue weighted by atomic mass is 10.1. The lowest BCUT2D eigenvalue weighted by Crippen LogP contribution is -2.32. The zero-order chi connectivity index (χ0) is 24.6. The summed E-state index contributed by atoms with van der Waals surface area (Å²) in [6, 6.07) is 23.5. The van der Waals surface area contributed by atoms with Gasteiger partial charge in [0.1, 0.15) is 11.5 Å². The van der Waals surface area contributed by atoms with E-state index < -0.39 is 5.92 Å². The Labute approximate surface area is 203 Å². The lowest BCUT2D eigenvalue weighted by Gasteiger charge is -2.17. The smallest absolute Gasteiger partial charge is 0.262 e. The number of para-hydroxylation sites is 1. The molecule has 0 bridgehead atoms. The number of nitrogens with one attached hydrogen (secondary N) is 2. The Morgan fingerprint density at radius 3 is 2.31 bits per heavy atom. The summed E-state index contributed by atoms with van der Waals surface area (Å²) in [5.41, 5.74) is 2.33. The number of amides is 3. The standard InChI is InChI=1S/C27H27N3O5/c1-34-23-11-7-19(8-12-23)16-28-27(33)20-15-26(32)30(17-20)22-9-13-24(14-10-22)35-18-25(31)29-21-5-3-2-4-6-21/h2-14,20H,15-18H2,1H3,(H,28,33)(H,29,31)/t20-/m0/s1. The molecule has 1 fully saturated rings. The van der Waals surface area contributed by atoms with E-state index in [1.807, 2.05) is 42.5 Å². The van der Waals surface area contributed by atoms with Crippen molar-refractivity contribution in [2.75, 3.05) is 30.5 Å². The molecule has 3 aromatic rings. The number of hydrogen-bond acceptors (Lipinski definition) is 5. The van der Waals surface area contributed by atoms with Gasteiger partial charge in [-0.15, -0.1) is 0 Å². The van der Waals surface area contributed by atoms with E-state index in [0.717, 1.165) is 11.3 Å². The fourth-order valence-corrected chi connectivity index (χ4v) is 3.80. The predicted molar refractivity (Wildman–Crippen MR) is 132 cm³/mol. The SMILES string of the molecule is COc1ccc(CNC(=O)[C@H]2CC(=O)N(c3ccc(OCC(=O)Nc4ccccc4)cc3)C2)cc1. The molecule has 3 amide bonds. The summed E-state index contributed by atoms with van der Waals surface area (Å²) in [5.74, 6) is 0.324. The van der Waals surface area contributed by atoms with Gasteiger partial charge in [0.25, 0.3) is 5.91 Å². The predicted octanol–water partition coefficient (Wildman–Crippen LogP) is 3.38. The average Bonchev–Trinajstić information content (AvgIpc) is 3.29. The van der Waals surface area contributed by atoms with Gasteiger partial charge in [0.15, 0.2) is 6.61 Å². The van der Waals surface area contributed by atoms with Gasteiger partial charge in [0.05, 0.1) is 13.0 Å². The monoisotopic (exact) mass is 473 g/mol. The quantitative estimate of drug-likeness (QED) is 0.497. The number of anilines is 2. The molecule has 1 aliphatic rings. The third kappa shape index (κ3) is 6.38. The molecule has 180 valence electrons. The van der Waals surface area contributed by atoms with Crippen molar-refractivity contribution >= 4 is 29.1 Å². The minimum atomic E-state index is -0.418. The molecule has 8 nitrogen and oxygen atoms in total. The molecule has 0 saturated carbocycles. The van der Waals surface area contributed by atoms with Crippen LogP contribution in [0.1, 0.15) is 12.0 Å². The Morgan fingerprint density at radius 1 is 0.943 bits per heavy atom. The summed E-state index contributed by atoms with van der Waals surface area (Å²) in [4.78, 5) is 38.8. The number of nitrogens with zero attached hydrogens (tertiary/aromatic N) is 1. The number of methoxy groups -OCH3 is 1. The highest BCUT2D eigenvalue weighted by Crippen LogP contribution is 2.27. The second kappa shape index (κ2) is 11.2. The first kappa shape index (κ1) is 23.8. The van der Waals surface area contributed by atoms with Crippen LogP contribution in [0.5, 0.6) is 11.5 Å². The van der Waals surface area contributed by atoms with Crippen molar-refractivity contribution < 1.29 is 23.9 Å². The fourth-order valence-electron chi connectivity index (χ4n) is 3.80. The van der Waals surface area contributed by atoms with Gasteiger partial charge in [-0.25, -0.2) is 0 Å². The van der Waals surface area contributed by atoms with Crippen molar-refractivity contribution in [2.45, 2.75) is 13.0 Å². The molecular formula is C27H27N3O5. The van der Waals surface area contributed by atoms with E-state index in [-0.39, 0.29) is 30.7 Å². The summed E-state index contributed by atoms with van der Waals surface area (Å²) < 4.78 is 10.7. The minimum absolute atomic E-state index is 0.106. The molecule has 0 unspecified atom stereocenters. The molecule has 0 radical (unpaired) electrons. The molecule has 0 aromatic heterocycles. The van der Waals surface area contributed by atoms with Crippen LogP contribution < -0.4 is 25.0 Å². The van der Waals surface area contributed by atoms with Crippen LogP contribution in [0.25, 0.3) is 0 Å². The van der Waals surface area contributed by atoms with E-state index in [9.17, 15) is 14.4 Å². The van der Waals surface area contributed by atoms with E-state index in [0.29, 0.717) is 30.2 Å². The maximum atomic E-state index is 12.6. The Balaban J connectivity index is 1.26. The van der Waals surface area contributed by atoms with Gasteiger partial charge in [0.2, 0.25) is 11.8 Å². The molecule has 0 spiro atoms. The van der Waals surface area contributed by atoms with Gasteiger partial charge in [0, 0.05) is 30.9 Å². The highest BCUT2D eigenvalue weighted by Gasteiger charge is 2.35. The van der Waals surface area contributed by atoms with Gasteiger partial charge in [-0.1, -0.05) is 30.3 Å². The summed E-state index contributed by atoms with van der Waals surface area (Å²) >= 11 is 0. The first-order chi connectivity index (χ1) is 17.0. The van der Waals surface area contributed by atoms with E-state index in [4.69, 9.17) is 9.47 Å². The van der Waals surface area contributed by atoms with Crippen molar-refractivity contribution in [1.82, 2.24) is 5.32 Å². The normalized spacial score (nSPS) is 14.9. The van der Waals surface area contributed by atoms with Crippen molar-refractivity contribution in [3.8, 4) is 11.5 Å². The average molecular weight is 474 g/mol. The Morgan fingerprint density at radius 2 is 1.63 bits per heavy atom. The molecule has 35 heavy (non-hydrogen) atoms. The number of carbonyl (C=O) groups is 3. The molecular weight excluding hydrogens is 446 g/mol. The van der Waals surface area contributed by atoms with E-state index >= 15 is 0 Å². The molecule has 8 heteroatoms. The fraction of sp³-hybridized carbons (Fsp3) is 0.222. The van der Waals surface area contributed by atoms with E-state index in [1.54, 1.807) is 48.4 Å². The molecule has 1 atom stereocenters. The van der Waals surface area contributed by atoms with Crippen LogP contribution in [-0.4, -0.2) is 38.0 Å². The zero-order valence-corrected chi connectivity index (χ0v) is 19.4. The molecule has 1 saturated heterocycles. The summed E-state index contributed by atoms with van der Waals surface area (Å²) in [5, 5.41) is 5.66. The lowest BCUT2D eigenvalue weighted by molar-refractivity contribution is -0.126. The highest BCUT2D eigenvalue weighted by atomic mass is 16.5. The van der Waals surface area contributed by atoms with Gasteiger partial charge in [-0.05, 0) is 54.1 Å². The van der Waals surface area contributed by atoms with Crippen molar-refractivity contribution in [1.29, 1.82) is 0 Å². The van der Waals surface area contributed by atoms with Crippen molar-refractivity contribution in [3.05, 3.63) is 84.4 Å². The Bertz CT molecular complexity index is 1160. The van der Waals surface area contributed by atoms with Crippen molar-refractivity contribution in [3.63, 3.8) is 0 Å². The second-order valence-electron chi connectivity index (χ2n) is 8.17. The third-order valence-electron chi connectivity index (χ3n) is 5.70. The van der Waals surface area contributed by atoms with E-state index in [2.05, 4.69) is 10.6 Å². The molecule has 1 aliphatic heterocycles. The number of ether oxygens (including phenoxy) is 2. The van der Waals surface area contributed by atoms with Gasteiger partial charge < -0.3 is 25.0 Å². The first-order valence-electron chi connectivity index (χ1n) is 11.3. The van der Waals surface area contributed by atoms with Crippen LogP contribution in [0, 0.1) is 5.92 Å². The highest BCUT2D eigenvalue weighted by molar-refractivity contribution is 6.00. The summed E-state index contributed by atoms with van der Waals surface area (Å²) in [6.07, 6.45) is 0.159. The number of carbonyl (C=O) groups excluding carboxylic acids is 3. The summed E-state index contributed by atoms with van der Waals surface area (Å²) in [7, 11) is 1.60. The largest absolute Gasteiger partial charge is 0.497 e. The van der Waals surface area contributed by atoms with Crippen molar-refractivity contribution in [2.24, 2.45) is 5.92 Å². The summed E-state index contributed by atoms with van der Waals surface area (Å²) in [6.45, 7) is 0.567. The minimum Gasteiger partial charge on any atom is -0.497 e. The van der Waals surface area contributed by atoms with Crippen LogP contribution in [0.2, 0.25) is 0 Å². The maximum absolute atomic E-state index is 12.6. The van der Waals surface area contributed by atoms with Gasteiger partial charge >= 0.3 is 0 Å². The molecule has 2 N–H and O–H groups in total. The van der Waals surface area contributed by atoms with Crippen LogP contribution in [-0.2, 0) is 20.9 Å². The van der Waals surface area contributed by atoms with Gasteiger partial charge in [-0.2, -0.15) is 0 Å². The molecule has 0 aliphatic carbocycles. The Kier molecular flexibility index (Phi) is 7.62. The second-order valence-corrected chi connectivity index (χ2v) is 8.17. The first-order valence-corrected chi connectivity index (χ1v) is 11.3. The molecule has 1 heterocycles. The van der Waals surface area contributed by atoms with E-state index in [1.165, 1.54) is 0 Å². The Hall–Kier alpha value is -4.33. The number of benzene rings is 3. The number of rotatable bonds is 9. The third-order valence-corrected chi connectivity index (χ3v) is 5.70. The van der Waals surface area contributed by atoms with Crippen LogP contribution >= 0.6 is 0 Å². The topological polar surface area (TPSA) is 97.0 Å².